The Morgan fingerprint density at radius 2 is 1.59 bits per heavy atom. The number of fused-ring (bicyclic) bond motifs is 1. The summed E-state index contributed by atoms with van der Waals surface area (Å²) < 4.78 is 0. The monoisotopic (exact) mass is 289 g/mol. The van der Waals surface area contributed by atoms with Gasteiger partial charge in [-0.25, -0.2) is 0 Å². The first-order valence-electron chi connectivity index (χ1n) is 7.28. The zero-order valence-corrected chi connectivity index (χ0v) is 12.8. The van der Waals surface area contributed by atoms with E-state index in [-0.39, 0.29) is 0 Å². The first-order valence-corrected chi connectivity index (χ1v) is 7.28. The summed E-state index contributed by atoms with van der Waals surface area (Å²) in [5.74, 6) is 0. The molecule has 1 N–H and O–H groups in total. The Hall–Kier alpha value is -2.81. The summed E-state index contributed by atoms with van der Waals surface area (Å²) in [7, 11) is 4.06. The number of hydrogen-bond donors (Lipinski definition) is 1. The van der Waals surface area contributed by atoms with Gasteiger partial charge in [0.2, 0.25) is 0 Å². The summed E-state index contributed by atoms with van der Waals surface area (Å²) in [6.45, 7) is 0. The van der Waals surface area contributed by atoms with Gasteiger partial charge in [-0.3, -0.25) is 5.43 Å². The lowest BCUT2D eigenvalue weighted by molar-refractivity contribution is 1.13. The quantitative estimate of drug-likeness (QED) is 0.571. The van der Waals surface area contributed by atoms with Gasteiger partial charge in [-0.1, -0.05) is 42.5 Å². The van der Waals surface area contributed by atoms with Crippen LogP contribution in [0.15, 0.2) is 71.8 Å². The smallest absolute Gasteiger partial charge is 0.0568 e. The van der Waals surface area contributed by atoms with E-state index in [4.69, 9.17) is 0 Å². The number of hydrogen-bond acceptors (Lipinski definition) is 3. The van der Waals surface area contributed by atoms with E-state index in [0.717, 1.165) is 11.3 Å². The molecule has 22 heavy (non-hydrogen) atoms. The second-order valence-electron chi connectivity index (χ2n) is 5.42. The predicted molar refractivity (Wildman–Crippen MR) is 95.9 cm³/mol. The standard InChI is InChI=1S/C19H19N3/c1-22(2)19-11-7-15(8-12-19)14-20-21-18-10-9-16-5-3-4-6-17(16)13-18/h3-14,21H,1-2H3. The molecule has 0 aromatic heterocycles. The van der Waals surface area contributed by atoms with Crippen molar-refractivity contribution < 1.29 is 0 Å². The molecular formula is C19H19N3. The topological polar surface area (TPSA) is 27.6 Å². The van der Waals surface area contributed by atoms with E-state index in [0.29, 0.717) is 0 Å². The number of nitrogens with zero attached hydrogens (tertiary/aromatic N) is 2. The molecule has 0 bridgehead atoms. The van der Waals surface area contributed by atoms with Gasteiger partial charge in [0.15, 0.2) is 0 Å². The molecule has 0 aliphatic heterocycles. The lowest BCUT2D eigenvalue weighted by atomic mass is 10.1. The van der Waals surface area contributed by atoms with Crippen LogP contribution in [0.3, 0.4) is 0 Å². The highest BCUT2D eigenvalue weighted by atomic mass is 15.3. The molecule has 3 rings (SSSR count). The molecule has 0 heterocycles. The third kappa shape index (κ3) is 3.26. The minimum absolute atomic E-state index is 0.986. The van der Waals surface area contributed by atoms with Crippen LogP contribution in [0.5, 0.6) is 0 Å². The van der Waals surface area contributed by atoms with Crippen molar-refractivity contribution in [3.05, 3.63) is 72.3 Å². The number of hydrazone groups is 1. The molecule has 3 aromatic carbocycles. The predicted octanol–water partition coefficient (Wildman–Crippen LogP) is 4.35. The van der Waals surface area contributed by atoms with Gasteiger partial charge >= 0.3 is 0 Å². The summed E-state index contributed by atoms with van der Waals surface area (Å²) in [5.41, 5.74) is 6.32. The van der Waals surface area contributed by atoms with E-state index in [2.05, 4.69) is 64.0 Å². The summed E-state index contributed by atoms with van der Waals surface area (Å²) >= 11 is 0. The number of anilines is 2. The third-order valence-corrected chi connectivity index (χ3v) is 3.57. The molecule has 3 aromatic rings. The average Bonchev–Trinajstić information content (AvgIpc) is 2.55. The maximum absolute atomic E-state index is 4.30. The molecule has 3 heteroatoms. The third-order valence-electron chi connectivity index (χ3n) is 3.57. The average molecular weight is 289 g/mol. The Bertz CT molecular complexity index is 789. The van der Waals surface area contributed by atoms with Crippen LogP contribution in [-0.4, -0.2) is 20.3 Å². The molecule has 0 fully saturated rings. The molecule has 0 amide bonds. The molecule has 0 saturated carbocycles. The first kappa shape index (κ1) is 14.1. The van der Waals surface area contributed by atoms with Crippen molar-refractivity contribution in [3.8, 4) is 0 Å². The van der Waals surface area contributed by atoms with Crippen LogP contribution in [-0.2, 0) is 0 Å². The molecule has 0 aliphatic rings. The number of nitrogens with one attached hydrogen (secondary N) is 1. The summed E-state index contributed by atoms with van der Waals surface area (Å²) in [6, 6.07) is 22.8. The largest absolute Gasteiger partial charge is 0.378 e. The fourth-order valence-corrected chi connectivity index (χ4v) is 2.30. The lowest BCUT2D eigenvalue weighted by Gasteiger charge is -2.11. The Kier molecular flexibility index (Phi) is 4.05. The molecular weight excluding hydrogens is 270 g/mol. The van der Waals surface area contributed by atoms with E-state index in [1.807, 2.05) is 38.5 Å². The summed E-state index contributed by atoms with van der Waals surface area (Å²) in [5, 5.41) is 6.74. The maximum atomic E-state index is 4.30. The molecule has 0 aliphatic carbocycles. The van der Waals surface area contributed by atoms with Gasteiger partial charge in [0.1, 0.15) is 0 Å². The van der Waals surface area contributed by atoms with Crippen LogP contribution in [0.2, 0.25) is 0 Å². The minimum Gasteiger partial charge on any atom is -0.378 e. The maximum Gasteiger partial charge on any atom is 0.0568 e. The van der Waals surface area contributed by atoms with Crippen molar-refractivity contribution in [2.45, 2.75) is 0 Å². The van der Waals surface area contributed by atoms with Gasteiger partial charge in [-0.05, 0) is 40.6 Å². The van der Waals surface area contributed by atoms with Gasteiger partial charge in [0, 0.05) is 19.8 Å². The van der Waals surface area contributed by atoms with Crippen LogP contribution in [0, 0.1) is 0 Å². The van der Waals surface area contributed by atoms with E-state index < -0.39 is 0 Å². The van der Waals surface area contributed by atoms with E-state index >= 15 is 0 Å². The molecule has 0 radical (unpaired) electrons. The van der Waals surface area contributed by atoms with Crippen molar-refractivity contribution in [2.75, 3.05) is 24.4 Å². The zero-order chi connectivity index (χ0) is 15.4. The van der Waals surface area contributed by atoms with Crippen LogP contribution < -0.4 is 10.3 Å². The molecule has 0 saturated heterocycles. The van der Waals surface area contributed by atoms with E-state index in [1.165, 1.54) is 16.5 Å². The highest BCUT2D eigenvalue weighted by Gasteiger charge is 1.95. The van der Waals surface area contributed by atoms with Crippen LogP contribution in [0.4, 0.5) is 11.4 Å². The van der Waals surface area contributed by atoms with Gasteiger partial charge in [-0.2, -0.15) is 5.10 Å². The van der Waals surface area contributed by atoms with Crippen LogP contribution >= 0.6 is 0 Å². The van der Waals surface area contributed by atoms with Crippen molar-refractivity contribution in [3.63, 3.8) is 0 Å². The van der Waals surface area contributed by atoms with Crippen molar-refractivity contribution in [1.82, 2.24) is 0 Å². The summed E-state index contributed by atoms with van der Waals surface area (Å²) in [6.07, 6.45) is 1.83. The van der Waals surface area contributed by atoms with Crippen LogP contribution in [0.1, 0.15) is 5.56 Å². The summed E-state index contributed by atoms with van der Waals surface area (Å²) in [4.78, 5) is 2.08. The highest BCUT2D eigenvalue weighted by molar-refractivity contribution is 5.86. The lowest BCUT2D eigenvalue weighted by Crippen LogP contribution is -2.08. The first-order chi connectivity index (χ1) is 10.7. The number of benzene rings is 3. The molecule has 0 unspecified atom stereocenters. The fraction of sp³-hybridized carbons (Fsp3) is 0.105. The van der Waals surface area contributed by atoms with Crippen LogP contribution in [0.25, 0.3) is 10.8 Å². The van der Waals surface area contributed by atoms with Crippen molar-refractivity contribution in [1.29, 1.82) is 0 Å². The highest BCUT2D eigenvalue weighted by Crippen LogP contribution is 2.18. The van der Waals surface area contributed by atoms with E-state index in [1.54, 1.807) is 0 Å². The van der Waals surface area contributed by atoms with E-state index in [9.17, 15) is 0 Å². The minimum atomic E-state index is 0.986. The fourth-order valence-electron chi connectivity index (χ4n) is 2.30. The van der Waals surface area contributed by atoms with Crippen molar-refractivity contribution >= 4 is 28.4 Å². The SMILES string of the molecule is CN(C)c1ccc(C=NNc2ccc3ccccc3c2)cc1. The normalized spacial score (nSPS) is 11.0. The second kappa shape index (κ2) is 6.31. The molecule has 0 spiro atoms. The van der Waals surface area contributed by atoms with Gasteiger partial charge in [0.05, 0.1) is 11.9 Å². The van der Waals surface area contributed by atoms with Crippen molar-refractivity contribution in [2.24, 2.45) is 5.10 Å². The van der Waals surface area contributed by atoms with Gasteiger partial charge in [-0.15, -0.1) is 0 Å². The van der Waals surface area contributed by atoms with Gasteiger partial charge < -0.3 is 4.90 Å². The Balaban J connectivity index is 1.70. The Labute approximate surface area is 130 Å². The molecule has 110 valence electrons. The zero-order valence-electron chi connectivity index (χ0n) is 12.8. The molecule has 3 nitrogen and oxygen atoms in total. The number of rotatable bonds is 4. The Morgan fingerprint density at radius 3 is 2.32 bits per heavy atom. The molecule has 0 atom stereocenters. The second-order valence-corrected chi connectivity index (χ2v) is 5.42. The Morgan fingerprint density at radius 1 is 0.864 bits per heavy atom. The van der Waals surface area contributed by atoms with Gasteiger partial charge in [0.25, 0.3) is 0 Å².